The van der Waals surface area contributed by atoms with Crippen LogP contribution in [0.25, 0.3) is 0 Å². The van der Waals surface area contributed by atoms with Gasteiger partial charge >= 0.3 is 5.97 Å². The quantitative estimate of drug-likeness (QED) is 0.433. The summed E-state index contributed by atoms with van der Waals surface area (Å²) in [4.78, 5) is 14.5. The van der Waals surface area contributed by atoms with Crippen molar-refractivity contribution in [2.24, 2.45) is 5.90 Å². The van der Waals surface area contributed by atoms with E-state index in [-0.39, 0.29) is 6.61 Å². The summed E-state index contributed by atoms with van der Waals surface area (Å²) in [6, 6.07) is -0.566. The Hall–Kier alpha value is -0.650. The Labute approximate surface area is 59.1 Å². The van der Waals surface area contributed by atoms with Crippen molar-refractivity contribution in [3.05, 3.63) is 0 Å². The highest BCUT2D eigenvalue weighted by atomic mass is 16.6. The summed E-state index contributed by atoms with van der Waals surface area (Å²) in [6.07, 6.45) is 0.377. The zero-order valence-electron chi connectivity index (χ0n) is 5.83. The molecule has 10 heavy (non-hydrogen) atoms. The van der Waals surface area contributed by atoms with Crippen molar-refractivity contribution in [2.45, 2.75) is 12.5 Å². The molecule has 5 heteroatoms. The summed E-state index contributed by atoms with van der Waals surface area (Å²) in [5.41, 5.74) is 0. The van der Waals surface area contributed by atoms with Gasteiger partial charge in [-0.3, -0.25) is 4.79 Å². The number of likely N-dealkylation sites (N-methyl/N-ethyl adjacent to an activating group) is 1. The van der Waals surface area contributed by atoms with E-state index < -0.39 is 12.0 Å². The molecule has 0 radical (unpaired) electrons. The predicted molar refractivity (Wildman–Crippen MR) is 35.2 cm³/mol. The predicted octanol–water partition coefficient (Wildman–Crippen LogP) is -1.06. The molecule has 0 aromatic rings. The molecule has 0 aromatic heterocycles. The lowest BCUT2D eigenvalue weighted by Crippen LogP contribution is -2.35. The third-order valence-electron chi connectivity index (χ3n) is 1.17. The fourth-order valence-electron chi connectivity index (χ4n) is 0.577. The Bertz CT molecular complexity index is 107. The van der Waals surface area contributed by atoms with E-state index in [0.29, 0.717) is 6.42 Å². The van der Waals surface area contributed by atoms with Crippen molar-refractivity contribution >= 4 is 5.97 Å². The number of carbonyl (C=O) groups is 1. The van der Waals surface area contributed by atoms with Gasteiger partial charge in [-0.2, -0.15) is 0 Å². The first-order valence-electron chi connectivity index (χ1n) is 2.94. The number of hydrogen-bond acceptors (Lipinski definition) is 4. The SMILES string of the molecule is CNC(CCON)C(=O)O. The Morgan fingerprint density at radius 1 is 1.90 bits per heavy atom. The monoisotopic (exact) mass is 148 g/mol. The van der Waals surface area contributed by atoms with E-state index in [2.05, 4.69) is 10.2 Å². The second-order valence-corrected chi connectivity index (χ2v) is 1.84. The molecule has 0 aliphatic carbocycles. The molecule has 0 saturated heterocycles. The first kappa shape index (κ1) is 9.35. The third kappa shape index (κ3) is 3.39. The summed E-state index contributed by atoms with van der Waals surface area (Å²) in [7, 11) is 1.58. The maximum absolute atomic E-state index is 10.3. The van der Waals surface area contributed by atoms with Gasteiger partial charge in [0.05, 0.1) is 6.61 Å². The van der Waals surface area contributed by atoms with E-state index in [9.17, 15) is 4.79 Å². The molecule has 5 nitrogen and oxygen atoms in total. The first-order valence-corrected chi connectivity index (χ1v) is 2.94. The minimum absolute atomic E-state index is 0.248. The molecule has 1 atom stereocenters. The second-order valence-electron chi connectivity index (χ2n) is 1.84. The van der Waals surface area contributed by atoms with Gasteiger partial charge in [-0.15, -0.1) is 0 Å². The Kier molecular flexibility index (Phi) is 4.82. The van der Waals surface area contributed by atoms with E-state index in [4.69, 9.17) is 11.0 Å². The summed E-state index contributed by atoms with van der Waals surface area (Å²) in [6.45, 7) is 0.248. The van der Waals surface area contributed by atoms with Crippen LogP contribution < -0.4 is 11.2 Å². The molecular weight excluding hydrogens is 136 g/mol. The molecule has 4 N–H and O–H groups in total. The summed E-state index contributed by atoms with van der Waals surface area (Å²) in [5, 5.41) is 11.0. The van der Waals surface area contributed by atoms with E-state index in [1.165, 1.54) is 0 Å². The molecular formula is C5H12N2O3. The van der Waals surface area contributed by atoms with Crippen LogP contribution in [0.1, 0.15) is 6.42 Å². The van der Waals surface area contributed by atoms with Gasteiger partial charge < -0.3 is 15.3 Å². The van der Waals surface area contributed by atoms with Crippen LogP contribution in [0.2, 0.25) is 0 Å². The maximum Gasteiger partial charge on any atom is 0.320 e. The molecule has 60 valence electrons. The van der Waals surface area contributed by atoms with Crippen LogP contribution in [-0.2, 0) is 9.63 Å². The van der Waals surface area contributed by atoms with Gasteiger partial charge in [0.25, 0.3) is 0 Å². The fourth-order valence-corrected chi connectivity index (χ4v) is 0.577. The third-order valence-corrected chi connectivity index (χ3v) is 1.17. The lowest BCUT2D eigenvalue weighted by Gasteiger charge is -2.08. The Morgan fingerprint density at radius 2 is 2.50 bits per heavy atom. The minimum Gasteiger partial charge on any atom is -0.480 e. The van der Waals surface area contributed by atoms with Crippen molar-refractivity contribution in [1.82, 2.24) is 5.32 Å². The topological polar surface area (TPSA) is 84.6 Å². The van der Waals surface area contributed by atoms with Gasteiger partial charge in [0.2, 0.25) is 0 Å². The maximum atomic E-state index is 10.3. The van der Waals surface area contributed by atoms with E-state index >= 15 is 0 Å². The van der Waals surface area contributed by atoms with Crippen molar-refractivity contribution < 1.29 is 14.7 Å². The average Bonchev–Trinajstić information content (AvgIpc) is 1.89. The number of carboxylic acids is 1. The molecule has 1 unspecified atom stereocenters. The number of hydrogen-bond donors (Lipinski definition) is 3. The molecule has 0 amide bonds. The van der Waals surface area contributed by atoms with Crippen LogP contribution in [0.4, 0.5) is 0 Å². The Balaban J connectivity index is 3.50. The zero-order valence-corrected chi connectivity index (χ0v) is 5.83. The summed E-state index contributed by atoms with van der Waals surface area (Å²) >= 11 is 0. The van der Waals surface area contributed by atoms with Crippen molar-refractivity contribution in [3.63, 3.8) is 0 Å². The van der Waals surface area contributed by atoms with E-state index in [1.807, 2.05) is 0 Å². The van der Waals surface area contributed by atoms with E-state index in [1.54, 1.807) is 7.05 Å². The molecule has 0 saturated carbocycles. The highest BCUT2D eigenvalue weighted by molar-refractivity contribution is 5.73. The highest BCUT2D eigenvalue weighted by Gasteiger charge is 2.13. The smallest absolute Gasteiger partial charge is 0.320 e. The molecule has 0 aliphatic rings. The molecule has 0 spiro atoms. The van der Waals surface area contributed by atoms with Crippen LogP contribution >= 0.6 is 0 Å². The number of carboxylic acid groups (broad SMARTS) is 1. The number of nitrogens with two attached hydrogens (primary N) is 1. The average molecular weight is 148 g/mol. The van der Waals surface area contributed by atoms with Gasteiger partial charge in [0.15, 0.2) is 0 Å². The number of rotatable bonds is 5. The van der Waals surface area contributed by atoms with Crippen molar-refractivity contribution in [3.8, 4) is 0 Å². The number of aliphatic carboxylic acids is 1. The molecule has 0 aliphatic heterocycles. The van der Waals surface area contributed by atoms with Crippen molar-refractivity contribution in [1.29, 1.82) is 0 Å². The van der Waals surface area contributed by atoms with Crippen molar-refractivity contribution in [2.75, 3.05) is 13.7 Å². The molecule has 0 heterocycles. The lowest BCUT2D eigenvalue weighted by atomic mass is 10.2. The summed E-state index contributed by atoms with van der Waals surface area (Å²) < 4.78 is 0. The van der Waals surface area contributed by atoms with Gasteiger partial charge in [0.1, 0.15) is 6.04 Å². The second kappa shape index (κ2) is 5.16. The Morgan fingerprint density at radius 3 is 2.80 bits per heavy atom. The lowest BCUT2D eigenvalue weighted by molar-refractivity contribution is -0.139. The fraction of sp³-hybridized carbons (Fsp3) is 0.800. The molecule has 0 rings (SSSR count). The van der Waals surface area contributed by atoms with Crippen LogP contribution in [0.15, 0.2) is 0 Å². The molecule has 0 fully saturated rings. The standard InChI is InChI=1S/C5H12N2O3/c1-7-4(5(8)9)2-3-10-6/h4,7H,2-3,6H2,1H3,(H,8,9). The largest absolute Gasteiger partial charge is 0.480 e. The van der Waals surface area contributed by atoms with E-state index in [0.717, 1.165) is 0 Å². The zero-order chi connectivity index (χ0) is 7.98. The van der Waals surface area contributed by atoms with Gasteiger partial charge in [-0.1, -0.05) is 0 Å². The summed E-state index contributed by atoms with van der Waals surface area (Å²) in [5.74, 6) is 3.82. The van der Waals surface area contributed by atoms with Gasteiger partial charge in [-0.25, -0.2) is 5.90 Å². The van der Waals surface area contributed by atoms with Crippen LogP contribution in [0, 0.1) is 0 Å². The van der Waals surface area contributed by atoms with Crippen LogP contribution in [0.3, 0.4) is 0 Å². The van der Waals surface area contributed by atoms with Gasteiger partial charge in [-0.05, 0) is 13.5 Å². The number of nitrogens with one attached hydrogen (secondary N) is 1. The highest BCUT2D eigenvalue weighted by Crippen LogP contribution is 1.89. The van der Waals surface area contributed by atoms with Crippen LogP contribution in [-0.4, -0.2) is 30.8 Å². The minimum atomic E-state index is -0.889. The van der Waals surface area contributed by atoms with Gasteiger partial charge in [0, 0.05) is 0 Å². The first-order chi connectivity index (χ1) is 4.72. The molecule has 0 bridgehead atoms. The normalized spacial score (nSPS) is 13.0. The molecule has 0 aromatic carbocycles. The van der Waals surface area contributed by atoms with Crippen LogP contribution in [0.5, 0.6) is 0 Å².